The van der Waals surface area contributed by atoms with E-state index in [1.54, 1.807) is 36.4 Å². The molecule has 0 aliphatic rings. The highest BCUT2D eigenvalue weighted by atomic mass is 16.5. The molecule has 4 aromatic carbocycles. The average molecular weight is 398 g/mol. The van der Waals surface area contributed by atoms with Crippen molar-refractivity contribution in [2.24, 2.45) is 0 Å². The van der Waals surface area contributed by atoms with E-state index in [2.05, 4.69) is 0 Å². The van der Waals surface area contributed by atoms with E-state index in [4.69, 9.17) is 32.4 Å². The molecule has 0 saturated heterocycles. The van der Waals surface area contributed by atoms with E-state index in [0.717, 1.165) is 11.1 Å². The molecule has 0 radical (unpaired) electrons. The molecule has 6 nitrogen and oxygen atoms in total. The van der Waals surface area contributed by atoms with Crippen LogP contribution in [-0.2, 0) is 0 Å². The minimum atomic E-state index is 0.521. The molecule has 8 N–H and O–H groups in total. The second-order valence-electron chi connectivity index (χ2n) is 6.85. The van der Waals surface area contributed by atoms with Crippen molar-refractivity contribution in [2.45, 2.75) is 0 Å². The molecule has 0 aliphatic carbocycles. The van der Waals surface area contributed by atoms with Crippen molar-refractivity contribution in [3.8, 4) is 34.1 Å². The topological polar surface area (TPSA) is 123 Å². The lowest BCUT2D eigenvalue weighted by atomic mass is 10.0. The first-order valence-corrected chi connectivity index (χ1v) is 9.34. The third kappa shape index (κ3) is 4.23. The predicted octanol–water partition coefficient (Wildman–Crippen LogP) is 5.27. The molecule has 0 unspecified atom stereocenters. The largest absolute Gasteiger partial charge is 0.455 e. The predicted molar refractivity (Wildman–Crippen MR) is 123 cm³/mol. The minimum Gasteiger partial charge on any atom is -0.455 e. The van der Waals surface area contributed by atoms with E-state index in [-0.39, 0.29) is 0 Å². The van der Waals surface area contributed by atoms with Crippen molar-refractivity contribution in [2.75, 3.05) is 22.9 Å². The maximum absolute atomic E-state index is 6.11. The monoisotopic (exact) mass is 398 g/mol. The van der Waals surface area contributed by atoms with Gasteiger partial charge in [-0.1, -0.05) is 24.3 Å². The summed E-state index contributed by atoms with van der Waals surface area (Å²) >= 11 is 0. The Labute approximate surface area is 174 Å². The Kier molecular flexibility index (Phi) is 5.05. The van der Waals surface area contributed by atoms with Crippen LogP contribution in [0.3, 0.4) is 0 Å². The van der Waals surface area contributed by atoms with Gasteiger partial charge in [-0.25, -0.2) is 0 Å². The molecule has 4 aromatic rings. The van der Waals surface area contributed by atoms with Gasteiger partial charge < -0.3 is 32.4 Å². The Morgan fingerprint density at radius 1 is 0.467 bits per heavy atom. The van der Waals surface area contributed by atoms with Crippen molar-refractivity contribution in [3.63, 3.8) is 0 Å². The van der Waals surface area contributed by atoms with Gasteiger partial charge >= 0.3 is 0 Å². The zero-order valence-corrected chi connectivity index (χ0v) is 16.2. The molecular formula is C24H22N4O2. The first-order chi connectivity index (χ1) is 14.5. The Morgan fingerprint density at radius 3 is 1.30 bits per heavy atom. The molecule has 0 aromatic heterocycles. The summed E-state index contributed by atoms with van der Waals surface area (Å²) in [7, 11) is 0. The molecule has 0 spiro atoms. The lowest BCUT2D eigenvalue weighted by Gasteiger charge is -2.13. The average Bonchev–Trinajstić information content (AvgIpc) is 2.71. The van der Waals surface area contributed by atoms with Gasteiger partial charge in [0.25, 0.3) is 0 Å². The summed E-state index contributed by atoms with van der Waals surface area (Å²) < 4.78 is 11.9. The van der Waals surface area contributed by atoms with Gasteiger partial charge in [-0.2, -0.15) is 0 Å². The van der Waals surface area contributed by atoms with Crippen molar-refractivity contribution in [3.05, 3.63) is 84.9 Å². The van der Waals surface area contributed by atoms with Crippen molar-refractivity contribution in [1.29, 1.82) is 0 Å². The molecule has 0 amide bonds. The lowest BCUT2D eigenvalue weighted by Crippen LogP contribution is -1.95. The Morgan fingerprint density at radius 2 is 0.900 bits per heavy atom. The van der Waals surface area contributed by atoms with Crippen LogP contribution in [0.4, 0.5) is 22.7 Å². The summed E-state index contributed by atoms with van der Waals surface area (Å²) in [6.07, 6.45) is 0. The Bertz CT molecular complexity index is 1110. The van der Waals surface area contributed by atoms with Crippen LogP contribution in [-0.4, -0.2) is 0 Å². The van der Waals surface area contributed by atoms with Crippen molar-refractivity contribution in [1.82, 2.24) is 0 Å². The van der Waals surface area contributed by atoms with Crippen molar-refractivity contribution < 1.29 is 9.47 Å². The summed E-state index contributed by atoms with van der Waals surface area (Å²) in [6, 6.07) is 25.5. The molecule has 0 heterocycles. The fourth-order valence-corrected chi connectivity index (χ4v) is 3.01. The highest BCUT2D eigenvalue weighted by Crippen LogP contribution is 2.36. The Balaban J connectivity index is 1.65. The van der Waals surface area contributed by atoms with Gasteiger partial charge in [-0.15, -0.1) is 0 Å². The van der Waals surface area contributed by atoms with Gasteiger partial charge in [0.05, 0.1) is 11.4 Å². The Hall–Kier alpha value is -4.32. The fourth-order valence-electron chi connectivity index (χ4n) is 3.01. The summed E-state index contributed by atoms with van der Waals surface area (Å²) in [5.41, 5.74) is 28.0. The molecule has 0 atom stereocenters. The van der Waals surface area contributed by atoms with Crippen LogP contribution >= 0.6 is 0 Å². The van der Waals surface area contributed by atoms with Crippen LogP contribution in [0.5, 0.6) is 23.0 Å². The van der Waals surface area contributed by atoms with E-state index in [9.17, 15) is 0 Å². The first-order valence-electron chi connectivity index (χ1n) is 9.34. The van der Waals surface area contributed by atoms with Crippen LogP contribution in [0, 0.1) is 0 Å². The van der Waals surface area contributed by atoms with E-state index in [1.165, 1.54) is 0 Å². The van der Waals surface area contributed by atoms with E-state index < -0.39 is 0 Å². The number of benzene rings is 4. The molecule has 0 saturated carbocycles. The number of hydrogen-bond donors (Lipinski definition) is 4. The lowest BCUT2D eigenvalue weighted by molar-refractivity contribution is 0.484. The molecule has 150 valence electrons. The van der Waals surface area contributed by atoms with Crippen LogP contribution < -0.4 is 32.4 Å². The molecule has 30 heavy (non-hydrogen) atoms. The van der Waals surface area contributed by atoms with Gasteiger partial charge in [0.2, 0.25) is 0 Å². The molecule has 6 heteroatoms. The molecule has 0 bridgehead atoms. The summed E-state index contributed by atoms with van der Waals surface area (Å²) in [4.78, 5) is 0. The summed E-state index contributed by atoms with van der Waals surface area (Å²) in [5, 5.41) is 0. The number of nitrogens with two attached hydrogens (primary N) is 4. The SMILES string of the molecule is Nc1cccc(Oc2cc(-c3ccc(N)c(Oc4cccc(N)c4)c3)ccc2N)c1. The highest BCUT2D eigenvalue weighted by Gasteiger charge is 2.10. The first kappa shape index (κ1) is 19.0. The van der Waals surface area contributed by atoms with Gasteiger partial charge in [0.15, 0.2) is 11.5 Å². The van der Waals surface area contributed by atoms with Gasteiger partial charge in [-0.3, -0.25) is 0 Å². The smallest absolute Gasteiger partial charge is 0.150 e. The van der Waals surface area contributed by atoms with Crippen LogP contribution in [0.1, 0.15) is 0 Å². The number of hydrogen-bond acceptors (Lipinski definition) is 6. The van der Waals surface area contributed by atoms with Gasteiger partial charge in [0, 0.05) is 23.5 Å². The normalized spacial score (nSPS) is 10.5. The summed E-state index contributed by atoms with van der Waals surface area (Å²) in [6.45, 7) is 0. The fraction of sp³-hybridized carbons (Fsp3) is 0. The van der Waals surface area contributed by atoms with Crippen LogP contribution in [0.2, 0.25) is 0 Å². The highest BCUT2D eigenvalue weighted by molar-refractivity contribution is 5.74. The second-order valence-corrected chi connectivity index (χ2v) is 6.85. The van der Waals surface area contributed by atoms with Crippen molar-refractivity contribution >= 4 is 22.7 Å². The standard InChI is InChI=1S/C24H22N4O2/c25-17-3-1-5-19(13-17)29-23-11-15(7-9-21(23)27)16-8-10-22(28)24(12-16)30-20-6-2-4-18(26)14-20/h1-14H,25-28H2. The third-order valence-electron chi connectivity index (χ3n) is 4.53. The minimum absolute atomic E-state index is 0.521. The maximum Gasteiger partial charge on any atom is 0.150 e. The number of anilines is 4. The van der Waals surface area contributed by atoms with E-state index in [0.29, 0.717) is 45.7 Å². The molecule has 4 rings (SSSR count). The third-order valence-corrected chi connectivity index (χ3v) is 4.53. The summed E-state index contributed by atoms with van der Waals surface area (Å²) in [5.74, 6) is 2.30. The van der Waals surface area contributed by atoms with Gasteiger partial charge in [0.1, 0.15) is 11.5 Å². The second kappa shape index (κ2) is 7.97. The zero-order chi connectivity index (χ0) is 21.1. The number of rotatable bonds is 5. The number of ether oxygens (including phenoxy) is 2. The van der Waals surface area contributed by atoms with Crippen LogP contribution in [0.25, 0.3) is 11.1 Å². The molecule has 0 aliphatic heterocycles. The maximum atomic E-state index is 6.11. The zero-order valence-electron chi connectivity index (χ0n) is 16.2. The molecule has 0 fully saturated rings. The number of nitrogen functional groups attached to an aromatic ring is 4. The van der Waals surface area contributed by atoms with E-state index in [1.807, 2.05) is 48.5 Å². The molecular weight excluding hydrogens is 376 g/mol. The van der Waals surface area contributed by atoms with E-state index >= 15 is 0 Å². The van der Waals surface area contributed by atoms with Crippen LogP contribution in [0.15, 0.2) is 84.9 Å². The quantitative estimate of drug-likeness (QED) is 0.340. The van der Waals surface area contributed by atoms with Gasteiger partial charge in [-0.05, 0) is 59.7 Å².